The molecule has 4 fully saturated rings. The highest BCUT2D eigenvalue weighted by atomic mass is 16.2. The molecule has 4 aliphatic rings. The van der Waals surface area contributed by atoms with Crippen LogP contribution >= 0.6 is 0 Å². The van der Waals surface area contributed by atoms with E-state index in [1.807, 2.05) is 30.3 Å². The Balaban J connectivity index is 1.45. The van der Waals surface area contributed by atoms with E-state index in [2.05, 4.69) is 10.9 Å². The normalized spacial score (nSPS) is 34.8. The minimum absolute atomic E-state index is 0.0452. The molecule has 5 nitrogen and oxygen atoms in total. The van der Waals surface area contributed by atoms with Crippen LogP contribution in [0.5, 0.6) is 0 Å². The summed E-state index contributed by atoms with van der Waals surface area (Å²) < 4.78 is 0. The van der Waals surface area contributed by atoms with Gasteiger partial charge in [-0.3, -0.25) is 15.0 Å². The molecule has 0 unspecified atom stereocenters. The smallest absolute Gasteiger partial charge is 0.240 e. The van der Waals surface area contributed by atoms with Gasteiger partial charge >= 0.3 is 0 Å². The number of rotatable bonds is 5. The van der Waals surface area contributed by atoms with Crippen molar-refractivity contribution in [2.75, 3.05) is 0 Å². The molecule has 0 aromatic heterocycles. The molecule has 2 amide bonds. The van der Waals surface area contributed by atoms with Crippen molar-refractivity contribution in [3.05, 3.63) is 35.9 Å². The average Bonchev–Trinajstić information content (AvgIpc) is 2.54. The van der Waals surface area contributed by atoms with Gasteiger partial charge in [-0.25, -0.2) is 5.43 Å². The Morgan fingerprint density at radius 3 is 2.04 bits per heavy atom. The number of carbonyl (C=O) groups excluding carboxylic acids is 2. The van der Waals surface area contributed by atoms with Gasteiger partial charge in [-0.15, -0.1) is 0 Å². The van der Waals surface area contributed by atoms with Gasteiger partial charge in [0.1, 0.15) is 6.04 Å². The quantitative estimate of drug-likeness (QED) is 0.724. The van der Waals surface area contributed by atoms with Crippen molar-refractivity contribution in [1.82, 2.24) is 10.9 Å². The fourth-order valence-electron chi connectivity index (χ4n) is 5.62. The zero-order chi connectivity index (χ0) is 16.7. The zero-order valence-corrected chi connectivity index (χ0v) is 13.8. The Morgan fingerprint density at radius 2 is 1.54 bits per heavy atom. The molecular formula is C19H25N3O2. The summed E-state index contributed by atoms with van der Waals surface area (Å²) in [6.07, 6.45) is 6.90. The maximum absolute atomic E-state index is 12.9. The van der Waals surface area contributed by atoms with Crippen LogP contribution in [0.25, 0.3) is 0 Å². The van der Waals surface area contributed by atoms with E-state index in [4.69, 9.17) is 5.73 Å². The van der Waals surface area contributed by atoms with Crippen LogP contribution in [-0.4, -0.2) is 11.8 Å². The second-order valence-electron chi connectivity index (χ2n) is 8.04. The molecule has 0 radical (unpaired) electrons. The topological polar surface area (TPSA) is 84.2 Å². The molecule has 5 rings (SSSR count). The van der Waals surface area contributed by atoms with Crippen molar-refractivity contribution in [1.29, 1.82) is 0 Å². The first-order valence-electron chi connectivity index (χ1n) is 8.96. The average molecular weight is 327 g/mol. The summed E-state index contributed by atoms with van der Waals surface area (Å²) in [6, 6.07) is 8.56. The van der Waals surface area contributed by atoms with Crippen molar-refractivity contribution in [3.63, 3.8) is 0 Å². The number of primary amides is 1. The second-order valence-corrected chi connectivity index (χ2v) is 8.04. The summed E-state index contributed by atoms with van der Waals surface area (Å²) in [5.41, 5.74) is 11.7. The highest BCUT2D eigenvalue weighted by Gasteiger charge is 2.54. The molecule has 4 N–H and O–H groups in total. The molecule has 1 atom stereocenters. The summed E-state index contributed by atoms with van der Waals surface area (Å²) in [5.74, 6) is 1.69. The Morgan fingerprint density at radius 1 is 1.00 bits per heavy atom. The Hall–Kier alpha value is -1.88. The van der Waals surface area contributed by atoms with E-state index in [9.17, 15) is 9.59 Å². The van der Waals surface area contributed by atoms with E-state index < -0.39 is 11.9 Å². The van der Waals surface area contributed by atoms with Crippen LogP contribution in [0, 0.1) is 23.2 Å². The SMILES string of the molecule is NC(=O)[C@H](NNC(=O)C12CC3CC(CC(C3)C1)C2)c1ccccc1. The number of carbonyl (C=O) groups is 2. The van der Waals surface area contributed by atoms with E-state index in [1.165, 1.54) is 19.3 Å². The Labute approximate surface area is 142 Å². The fraction of sp³-hybridized carbons (Fsp3) is 0.579. The lowest BCUT2D eigenvalue weighted by Crippen LogP contribution is -2.57. The lowest BCUT2D eigenvalue weighted by Gasteiger charge is -2.55. The monoisotopic (exact) mass is 327 g/mol. The molecule has 24 heavy (non-hydrogen) atoms. The van der Waals surface area contributed by atoms with Gasteiger partial charge in [-0.1, -0.05) is 30.3 Å². The molecule has 1 aromatic rings. The predicted octanol–water partition coefficient (Wildman–Crippen LogP) is 2.05. The fourth-order valence-corrected chi connectivity index (χ4v) is 5.62. The minimum Gasteiger partial charge on any atom is -0.368 e. The highest BCUT2D eigenvalue weighted by molar-refractivity contribution is 5.85. The van der Waals surface area contributed by atoms with Crippen LogP contribution in [0.15, 0.2) is 30.3 Å². The minimum atomic E-state index is -0.705. The van der Waals surface area contributed by atoms with Gasteiger partial charge < -0.3 is 5.73 Å². The molecule has 5 heteroatoms. The molecule has 0 aliphatic heterocycles. The number of nitrogens with one attached hydrogen (secondary N) is 2. The summed E-state index contributed by atoms with van der Waals surface area (Å²) in [5, 5.41) is 0. The van der Waals surface area contributed by atoms with Crippen LogP contribution < -0.4 is 16.6 Å². The van der Waals surface area contributed by atoms with Gasteiger partial charge in [0, 0.05) is 0 Å². The standard InChI is InChI=1S/C19H25N3O2/c20-17(23)16(15-4-2-1-3-5-15)21-22-18(24)19-9-12-6-13(10-19)8-14(7-12)11-19/h1-5,12-14,16,21H,6-11H2,(H2,20,23)(H,22,24)/t12?,13?,14?,16-,19?/m1/s1. The first kappa shape index (κ1) is 15.6. The number of nitrogens with two attached hydrogens (primary N) is 1. The molecule has 128 valence electrons. The molecule has 0 spiro atoms. The third-order valence-electron chi connectivity index (χ3n) is 6.27. The Bertz CT molecular complexity index is 608. The van der Waals surface area contributed by atoms with E-state index in [1.54, 1.807) is 0 Å². The summed E-state index contributed by atoms with van der Waals surface area (Å²) in [7, 11) is 0. The molecule has 4 bridgehead atoms. The van der Waals surface area contributed by atoms with Crippen LogP contribution in [0.3, 0.4) is 0 Å². The van der Waals surface area contributed by atoms with Gasteiger partial charge in [0.2, 0.25) is 11.8 Å². The first-order valence-corrected chi connectivity index (χ1v) is 8.96. The van der Waals surface area contributed by atoms with Crippen molar-refractivity contribution in [3.8, 4) is 0 Å². The van der Waals surface area contributed by atoms with Crippen molar-refractivity contribution in [2.45, 2.75) is 44.6 Å². The van der Waals surface area contributed by atoms with Crippen LogP contribution in [0.1, 0.15) is 50.1 Å². The van der Waals surface area contributed by atoms with Crippen LogP contribution in [0.4, 0.5) is 0 Å². The maximum Gasteiger partial charge on any atom is 0.240 e. The van der Waals surface area contributed by atoms with Crippen molar-refractivity contribution >= 4 is 11.8 Å². The lowest BCUT2D eigenvalue weighted by atomic mass is 9.49. The van der Waals surface area contributed by atoms with Crippen molar-refractivity contribution < 1.29 is 9.59 Å². The van der Waals surface area contributed by atoms with E-state index in [0.717, 1.165) is 24.8 Å². The zero-order valence-electron chi connectivity index (χ0n) is 13.8. The van der Waals surface area contributed by atoms with Gasteiger partial charge in [0.25, 0.3) is 0 Å². The number of hydrazine groups is 1. The van der Waals surface area contributed by atoms with E-state index >= 15 is 0 Å². The molecular weight excluding hydrogens is 302 g/mol. The molecule has 0 saturated heterocycles. The van der Waals surface area contributed by atoms with Gasteiger partial charge in [0.05, 0.1) is 5.41 Å². The molecule has 4 saturated carbocycles. The van der Waals surface area contributed by atoms with Crippen LogP contribution in [-0.2, 0) is 9.59 Å². The number of hydrogen-bond donors (Lipinski definition) is 3. The van der Waals surface area contributed by atoms with Gasteiger partial charge in [-0.05, 0) is 61.8 Å². The second kappa shape index (κ2) is 5.88. The van der Waals surface area contributed by atoms with E-state index in [-0.39, 0.29) is 11.3 Å². The molecule has 0 heterocycles. The van der Waals surface area contributed by atoms with Gasteiger partial charge in [-0.2, -0.15) is 0 Å². The number of benzene rings is 1. The maximum atomic E-state index is 12.9. The van der Waals surface area contributed by atoms with E-state index in [0.29, 0.717) is 17.8 Å². The largest absolute Gasteiger partial charge is 0.368 e. The lowest BCUT2D eigenvalue weighted by molar-refractivity contribution is -0.147. The van der Waals surface area contributed by atoms with Crippen molar-refractivity contribution in [2.24, 2.45) is 28.9 Å². The third-order valence-corrected chi connectivity index (χ3v) is 6.27. The Kier molecular flexibility index (Phi) is 3.83. The first-order chi connectivity index (χ1) is 11.6. The summed E-state index contributed by atoms with van der Waals surface area (Å²) in [4.78, 5) is 24.7. The predicted molar refractivity (Wildman–Crippen MR) is 90.3 cm³/mol. The molecule has 4 aliphatic carbocycles. The molecule has 1 aromatic carbocycles. The van der Waals surface area contributed by atoms with Gasteiger partial charge in [0.15, 0.2) is 0 Å². The number of amides is 2. The number of hydrogen-bond acceptors (Lipinski definition) is 3. The summed E-state index contributed by atoms with van der Waals surface area (Å²) >= 11 is 0. The summed E-state index contributed by atoms with van der Waals surface area (Å²) in [6.45, 7) is 0. The van der Waals surface area contributed by atoms with Crippen LogP contribution in [0.2, 0.25) is 0 Å². The highest BCUT2D eigenvalue weighted by Crippen LogP contribution is 2.60. The third kappa shape index (κ3) is 2.71.